The first-order valence-corrected chi connectivity index (χ1v) is 12.6. The van der Waals surface area contributed by atoms with Crippen LogP contribution in [0.5, 0.6) is 0 Å². The zero-order chi connectivity index (χ0) is 31.9. The second kappa shape index (κ2) is 17.4. The van der Waals surface area contributed by atoms with Gasteiger partial charge in [0.15, 0.2) is 0 Å². The Morgan fingerprint density at radius 1 is 1.00 bits per heavy atom. The van der Waals surface area contributed by atoms with E-state index >= 15 is 0 Å². The number of hydrogen-bond acceptors (Lipinski definition) is 10. The summed E-state index contributed by atoms with van der Waals surface area (Å²) in [6, 6.07) is 0.237. The number of piperidine rings is 1. The summed E-state index contributed by atoms with van der Waals surface area (Å²) in [5.41, 5.74) is -3.94. The number of alkyl halides is 6. The molecule has 42 heavy (non-hydrogen) atoms. The Morgan fingerprint density at radius 3 is 2.02 bits per heavy atom. The number of rotatable bonds is 5. The fourth-order valence-electron chi connectivity index (χ4n) is 4.07. The first kappa shape index (κ1) is 36.5. The number of amides is 1. The molecule has 1 amide bonds. The number of nitrogens with zero attached hydrogens (tertiary/aromatic N) is 5. The number of halogens is 6. The van der Waals surface area contributed by atoms with Crippen LogP contribution in [0.15, 0.2) is 23.4 Å². The molecule has 0 saturated carbocycles. The van der Waals surface area contributed by atoms with E-state index in [1.165, 1.54) is 0 Å². The fraction of sp³-hybridized carbons (Fsp3) is 0.625. The Balaban J connectivity index is 0.000000385. The summed E-state index contributed by atoms with van der Waals surface area (Å²) >= 11 is 0. The highest BCUT2D eigenvalue weighted by Crippen LogP contribution is 2.31. The maximum atomic E-state index is 12.5. The Kier molecular flexibility index (Phi) is 15.2. The van der Waals surface area contributed by atoms with Crippen molar-refractivity contribution in [3.63, 3.8) is 0 Å². The Morgan fingerprint density at radius 2 is 1.57 bits per heavy atom. The first-order valence-electron chi connectivity index (χ1n) is 12.6. The van der Waals surface area contributed by atoms with Gasteiger partial charge >= 0.3 is 12.4 Å². The molecule has 4 N–H and O–H groups in total. The molecule has 2 aromatic rings. The van der Waals surface area contributed by atoms with Crippen molar-refractivity contribution in [3.05, 3.63) is 40.1 Å². The number of carbonyl (C=O) groups excluding carboxylic acids is 1. The lowest BCUT2D eigenvalue weighted by Gasteiger charge is -2.36. The fourth-order valence-corrected chi connectivity index (χ4v) is 4.07. The summed E-state index contributed by atoms with van der Waals surface area (Å²) in [4.78, 5) is 34.1. The molecule has 0 atom stereocenters. The van der Waals surface area contributed by atoms with E-state index < -0.39 is 34.7 Å². The summed E-state index contributed by atoms with van der Waals surface area (Å²) < 4.78 is 78.9. The van der Waals surface area contributed by atoms with Crippen molar-refractivity contribution in [2.75, 3.05) is 64.3 Å². The van der Waals surface area contributed by atoms with Crippen molar-refractivity contribution in [2.24, 2.45) is 0 Å². The van der Waals surface area contributed by atoms with Crippen LogP contribution in [0.2, 0.25) is 0 Å². The molecule has 0 bridgehead atoms. The van der Waals surface area contributed by atoms with Gasteiger partial charge in [0.25, 0.3) is 5.56 Å². The maximum absolute atomic E-state index is 12.5. The van der Waals surface area contributed by atoms with E-state index in [9.17, 15) is 35.9 Å². The molecule has 2 saturated heterocycles. The third kappa shape index (κ3) is 11.1. The number of likely N-dealkylation sites (tertiary alicyclic amines) is 1. The predicted octanol–water partition coefficient (Wildman–Crippen LogP) is 2.15. The van der Waals surface area contributed by atoms with Gasteiger partial charge in [-0.25, -0.2) is 15.1 Å². The van der Waals surface area contributed by atoms with Crippen molar-refractivity contribution in [2.45, 2.75) is 44.1 Å². The minimum atomic E-state index is -4.76. The number of nitrogens with one attached hydrogen (secondary N) is 2. The smallest absolute Gasteiger partial charge is 0.400 e. The molecule has 0 radical (unpaired) electrons. The largest absolute Gasteiger partial charge is 0.423 e. The average Bonchev–Trinajstić information content (AvgIpc) is 3.38. The number of aromatic amines is 1. The summed E-state index contributed by atoms with van der Waals surface area (Å²) in [5, 5.41) is 22.6. The number of carbonyl (C=O) groups is 1. The summed E-state index contributed by atoms with van der Waals surface area (Å²) in [6.07, 6.45) is -3.54. The topological polar surface area (TPSA) is 157 Å². The van der Waals surface area contributed by atoms with E-state index in [-0.39, 0.29) is 25.1 Å². The van der Waals surface area contributed by atoms with Crippen LogP contribution in [0, 0.1) is 0 Å². The Hall–Kier alpha value is -3.51. The van der Waals surface area contributed by atoms with Gasteiger partial charge in [0, 0.05) is 72.4 Å². The van der Waals surface area contributed by atoms with Crippen molar-refractivity contribution in [1.29, 1.82) is 0 Å². The number of aliphatic hydroxyl groups excluding tert-OH is 2. The lowest BCUT2D eigenvalue weighted by atomic mass is 10.0. The highest BCUT2D eigenvalue weighted by atomic mass is 19.4. The summed E-state index contributed by atoms with van der Waals surface area (Å²) in [5.74, 6) is 0.531. The van der Waals surface area contributed by atoms with Crippen molar-refractivity contribution in [1.82, 2.24) is 25.1 Å². The Labute approximate surface area is 237 Å². The quantitative estimate of drug-likeness (QED) is 0.368. The second-order valence-electron chi connectivity index (χ2n) is 8.72. The third-order valence-electron chi connectivity index (χ3n) is 5.83. The van der Waals surface area contributed by atoms with Gasteiger partial charge in [-0.2, -0.15) is 31.4 Å². The highest BCUT2D eigenvalue weighted by Gasteiger charge is 2.37. The highest BCUT2D eigenvalue weighted by molar-refractivity contribution is 5.78. The number of anilines is 2. The number of H-pyrrole nitrogens is 1. The van der Waals surface area contributed by atoms with Gasteiger partial charge in [0.05, 0.1) is 24.1 Å². The van der Waals surface area contributed by atoms with Crippen LogP contribution < -0.4 is 15.8 Å². The molecule has 0 spiro atoms. The number of methoxy groups -OCH3 is 1. The molecule has 18 heteroatoms. The van der Waals surface area contributed by atoms with Crippen molar-refractivity contribution in [3.8, 4) is 0 Å². The number of aromatic nitrogens is 4. The van der Waals surface area contributed by atoms with Gasteiger partial charge in [0.2, 0.25) is 11.9 Å². The third-order valence-corrected chi connectivity index (χ3v) is 5.83. The van der Waals surface area contributed by atoms with Crippen LogP contribution in [-0.4, -0.2) is 101 Å². The van der Waals surface area contributed by atoms with Gasteiger partial charge in [-0.15, -0.1) is 0 Å². The van der Waals surface area contributed by atoms with E-state index in [1.807, 2.05) is 9.80 Å². The number of aliphatic hydroxyl groups is 2. The number of hydrogen-bond donors (Lipinski definition) is 4. The molecule has 4 rings (SSSR count). The van der Waals surface area contributed by atoms with E-state index in [0.717, 1.165) is 51.5 Å². The minimum absolute atomic E-state index is 0.0891. The van der Waals surface area contributed by atoms with Gasteiger partial charge in [-0.3, -0.25) is 9.59 Å². The molecule has 12 nitrogen and oxygen atoms in total. The maximum Gasteiger partial charge on any atom is 0.423 e. The Bertz CT molecular complexity index is 1120. The van der Waals surface area contributed by atoms with E-state index in [0.29, 0.717) is 25.5 Å². The second-order valence-corrected chi connectivity index (χ2v) is 8.72. The van der Waals surface area contributed by atoms with E-state index in [1.54, 1.807) is 19.3 Å². The lowest BCUT2D eigenvalue weighted by Crippen LogP contribution is -2.45. The van der Waals surface area contributed by atoms with Gasteiger partial charge in [-0.1, -0.05) is 0 Å². The van der Waals surface area contributed by atoms with Gasteiger partial charge in [-0.05, 0) is 19.3 Å². The van der Waals surface area contributed by atoms with Crippen LogP contribution in [-0.2, 0) is 21.9 Å². The first-order chi connectivity index (χ1) is 19.8. The molecular formula is C24H35F6N7O5. The molecular weight excluding hydrogens is 580 g/mol. The van der Waals surface area contributed by atoms with E-state index in [4.69, 9.17) is 10.2 Å². The van der Waals surface area contributed by atoms with E-state index in [2.05, 4.69) is 25.1 Å². The molecule has 0 aliphatic carbocycles. The predicted molar refractivity (Wildman–Crippen MR) is 140 cm³/mol. The lowest BCUT2D eigenvalue weighted by molar-refractivity contribution is -0.139. The standard InChI is InChI=1S/C14H17F3N4O.C7H8F3N3O2.C2H6O.CH4O/c15-14(16,17)10-8-18-13(19-9-10)20-6-3-11(4-7-20)21-5-1-2-12(21)22;8-7(9,10)5-4(11-1-2-14)3-12-13-6(5)15;1-3-2;1-2/h8-9,11H,1-7H2;3,14H,1-2H2,(H2,11,13,15);1-2H3;2H,1H3. The molecule has 4 heterocycles. The zero-order valence-electron chi connectivity index (χ0n) is 23.3. The SMILES string of the molecule is CO.COC.O=C1CCCN1C1CCN(c2ncc(C(F)(F)F)cn2)CC1.O=c1[nH]ncc(NCCO)c1C(F)(F)F. The molecule has 2 fully saturated rings. The van der Waals surface area contributed by atoms with Crippen LogP contribution in [0.25, 0.3) is 0 Å². The monoisotopic (exact) mass is 615 g/mol. The van der Waals surface area contributed by atoms with Gasteiger partial charge in [0.1, 0.15) is 5.56 Å². The van der Waals surface area contributed by atoms with Crippen LogP contribution >= 0.6 is 0 Å². The van der Waals surface area contributed by atoms with Gasteiger partial charge < -0.3 is 30.1 Å². The van der Waals surface area contributed by atoms with Crippen molar-refractivity contribution >= 4 is 17.5 Å². The average molecular weight is 616 g/mol. The summed E-state index contributed by atoms with van der Waals surface area (Å²) in [7, 11) is 4.25. The minimum Gasteiger partial charge on any atom is -0.400 e. The zero-order valence-corrected chi connectivity index (χ0v) is 23.3. The molecule has 0 aromatic carbocycles. The molecule has 2 aliphatic rings. The number of ether oxygens (including phenoxy) is 1. The summed E-state index contributed by atoms with van der Waals surface area (Å²) in [6.45, 7) is 1.69. The van der Waals surface area contributed by atoms with Crippen LogP contribution in [0.4, 0.5) is 38.0 Å². The normalized spacial score (nSPS) is 15.5. The molecule has 238 valence electrons. The molecule has 0 unspecified atom stereocenters. The molecule has 2 aliphatic heterocycles. The van der Waals surface area contributed by atoms with Crippen LogP contribution in [0.3, 0.4) is 0 Å². The molecule has 2 aromatic heterocycles. The van der Waals surface area contributed by atoms with Crippen LogP contribution in [0.1, 0.15) is 36.8 Å². The van der Waals surface area contributed by atoms with Crippen molar-refractivity contribution < 1.29 is 46.1 Å².